The van der Waals surface area contributed by atoms with Gasteiger partial charge in [-0.25, -0.2) is 4.39 Å². The number of amides is 1. The molecule has 0 aliphatic heterocycles. The van der Waals surface area contributed by atoms with Crippen LogP contribution in [0.3, 0.4) is 0 Å². The minimum Gasteiger partial charge on any atom is -0.348 e. The van der Waals surface area contributed by atoms with Crippen LogP contribution in [-0.2, 0) is 0 Å². The summed E-state index contributed by atoms with van der Waals surface area (Å²) in [6.07, 6.45) is 0. The summed E-state index contributed by atoms with van der Waals surface area (Å²) < 4.78 is 13.5. The zero-order valence-electron chi connectivity index (χ0n) is 10.7. The van der Waals surface area contributed by atoms with Gasteiger partial charge in [-0.05, 0) is 12.0 Å². The van der Waals surface area contributed by atoms with Crippen LogP contribution in [0.15, 0.2) is 18.2 Å². The smallest absolute Gasteiger partial charge is 0.270 e. The molecule has 1 atom stereocenters. The van der Waals surface area contributed by atoms with Gasteiger partial charge in [-0.2, -0.15) is 0 Å². The summed E-state index contributed by atoms with van der Waals surface area (Å²) >= 11 is 0. The Labute approximate surface area is 109 Å². The second-order valence-corrected chi connectivity index (χ2v) is 4.48. The maximum atomic E-state index is 13.5. The average Bonchev–Trinajstić information content (AvgIpc) is 2.35. The number of rotatable bonds is 5. The normalized spacial score (nSPS) is 12.3. The van der Waals surface area contributed by atoms with Gasteiger partial charge < -0.3 is 11.1 Å². The molecule has 3 N–H and O–H groups in total. The molecule has 0 radical (unpaired) electrons. The highest BCUT2D eigenvalue weighted by molar-refractivity contribution is 5.95. The molecule has 0 saturated carbocycles. The molecule has 0 aromatic heterocycles. The van der Waals surface area contributed by atoms with Crippen LogP contribution >= 0.6 is 0 Å². The lowest BCUT2D eigenvalue weighted by atomic mass is 10.0. The third kappa shape index (κ3) is 3.72. The van der Waals surface area contributed by atoms with Crippen LogP contribution in [0.2, 0.25) is 0 Å². The van der Waals surface area contributed by atoms with E-state index in [9.17, 15) is 19.3 Å². The summed E-state index contributed by atoms with van der Waals surface area (Å²) in [5.41, 5.74) is 4.81. The molecule has 7 heteroatoms. The quantitative estimate of drug-likeness (QED) is 0.624. The predicted octanol–water partition coefficient (Wildman–Crippen LogP) is 1.45. The SMILES string of the molecule is CC(C)C(CN)NC(=O)c1cc([N+](=O)[O-])ccc1F. The monoisotopic (exact) mass is 269 g/mol. The van der Waals surface area contributed by atoms with E-state index in [-0.39, 0.29) is 29.8 Å². The number of hydrogen-bond acceptors (Lipinski definition) is 4. The number of halogens is 1. The van der Waals surface area contributed by atoms with Gasteiger partial charge in [-0.1, -0.05) is 13.8 Å². The number of non-ortho nitro benzene ring substituents is 1. The van der Waals surface area contributed by atoms with Crippen molar-refractivity contribution in [1.82, 2.24) is 5.32 Å². The van der Waals surface area contributed by atoms with E-state index in [1.165, 1.54) is 0 Å². The Balaban J connectivity index is 2.99. The standard InChI is InChI=1S/C12H16FN3O3/c1-7(2)11(6-14)15-12(17)9-5-8(16(18)19)3-4-10(9)13/h3-5,7,11H,6,14H2,1-2H3,(H,15,17). The average molecular weight is 269 g/mol. The van der Waals surface area contributed by atoms with Crippen LogP contribution in [0.4, 0.5) is 10.1 Å². The number of nitro benzene ring substituents is 1. The molecule has 1 amide bonds. The minimum atomic E-state index is -0.803. The van der Waals surface area contributed by atoms with Gasteiger partial charge in [0.05, 0.1) is 10.5 Å². The molecule has 1 unspecified atom stereocenters. The van der Waals surface area contributed by atoms with E-state index >= 15 is 0 Å². The Morgan fingerprint density at radius 2 is 2.16 bits per heavy atom. The summed E-state index contributed by atoms with van der Waals surface area (Å²) in [6.45, 7) is 3.93. The van der Waals surface area contributed by atoms with E-state index in [0.29, 0.717) is 0 Å². The van der Waals surface area contributed by atoms with Crippen molar-refractivity contribution in [2.45, 2.75) is 19.9 Å². The lowest BCUT2D eigenvalue weighted by Crippen LogP contribution is -2.43. The Kier molecular flexibility index (Phi) is 4.94. The first-order chi connectivity index (χ1) is 8.86. The van der Waals surface area contributed by atoms with Gasteiger partial charge in [-0.15, -0.1) is 0 Å². The van der Waals surface area contributed by atoms with Gasteiger partial charge in [0.2, 0.25) is 0 Å². The number of carbonyl (C=O) groups is 1. The molecule has 1 rings (SSSR count). The second kappa shape index (κ2) is 6.24. The Hall–Kier alpha value is -2.02. The van der Waals surface area contributed by atoms with Crippen molar-refractivity contribution in [3.8, 4) is 0 Å². The van der Waals surface area contributed by atoms with Crippen LogP contribution in [0.1, 0.15) is 24.2 Å². The number of nitrogens with one attached hydrogen (secondary N) is 1. The zero-order valence-corrected chi connectivity index (χ0v) is 10.7. The lowest BCUT2D eigenvalue weighted by Gasteiger charge is -2.20. The summed E-state index contributed by atoms with van der Waals surface area (Å²) in [5, 5.41) is 13.2. The van der Waals surface area contributed by atoms with Gasteiger partial charge in [0.25, 0.3) is 11.6 Å². The molecule has 0 aliphatic carbocycles. The molecule has 0 heterocycles. The minimum absolute atomic E-state index is 0.0794. The summed E-state index contributed by atoms with van der Waals surface area (Å²) in [4.78, 5) is 21.8. The van der Waals surface area contributed by atoms with Gasteiger partial charge in [0.15, 0.2) is 0 Å². The van der Waals surface area contributed by atoms with E-state index in [2.05, 4.69) is 5.32 Å². The summed E-state index contributed by atoms with van der Waals surface area (Å²) in [7, 11) is 0. The van der Waals surface area contributed by atoms with E-state index in [0.717, 1.165) is 18.2 Å². The third-order valence-electron chi connectivity index (χ3n) is 2.78. The maximum Gasteiger partial charge on any atom is 0.270 e. The fourth-order valence-corrected chi connectivity index (χ4v) is 1.54. The fraction of sp³-hybridized carbons (Fsp3) is 0.417. The summed E-state index contributed by atoms with van der Waals surface area (Å²) in [6, 6.07) is 2.51. The van der Waals surface area contributed by atoms with Crippen molar-refractivity contribution in [2.24, 2.45) is 11.7 Å². The van der Waals surface area contributed by atoms with Crippen LogP contribution in [0, 0.1) is 21.8 Å². The van der Waals surface area contributed by atoms with E-state index in [4.69, 9.17) is 5.73 Å². The number of benzene rings is 1. The first-order valence-electron chi connectivity index (χ1n) is 5.81. The van der Waals surface area contributed by atoms with Crippen LogP contribution in [-0.4, -0.2) is 23.4 Å². The van der Waals surface area contributed by atoms with E-state index < -0.39 is 16.6 Å². The zero-order chi connectivity index (χ0) is 14.6. The van der Waals surface area contributed by atoms with Gasteiger partial charge in [0, 0.05) is 24.7 Å². The van der Waals surface area contributed by atoms with Crippen LogP contribution < -0.4 is 11.1 Å². The van der Waals surface area contributed by atoms with Crippen LogP contribution in [0.25, 0.3) is 0 Å². The number of nitro groups is 1. The number of hydrogen-bond donors (Lipinski definition) is 2. The fourth-order valence-electron chi connectivity index (χ4n) is 1.54. The van der Waals surface area contributed by atoms with Crippen molar-refractivity contribution >= 4 is 11.6 Å². The molecular weight excluding hydrogens is 253 g/mol. The molecule has 0 bridgehead atoms. The van der Waals surface area contributed by atoms with Crippen LogP contribution in [0.5, 0.6) is 0 Å². The Bertz CT molecular complexity index is 491. The highest BCUT2D eigenvalue weighted by atomic mass is 19.1. The van der Waals surface area contributed by atoms with Crippen molar-refractivity contribution in [3.05, 3.63) is 39.7 Å². The third-order valence-corrected chi connectivity index (χ3v) is 2.78. The second-order valence-electron chi connectivity index (χ2n) is 4.48. The van der Waals surface area contributed by atoms with E-state index in [1.807, 2.05) is 13.8 Å². The number of nitrogens with zero attached hydrogens (tertiary/aromatic N) is 1. The van der Waals surface area contributed by atoms with Crippen molar-refractivity contribution in [2.75, 3.05) is 6.54 Å². The van der Waals surface area contributed by atoms with Crippen molar-refractivity contribution in [3.63, 3.8) is 0 Å². The molecule has 6 nitrogen and oxygen atoms in total. The molecular formula is C12H16FN3O3. The first-order valence-corrected chi connectivity index (χ1v) is 5.81. The molecule has 1 aromatic carbocycles. The molecule has 104 valence electrons. The topological polar surface area (TPSA) is 98.3 Å². The Morgan fingerprint density at radius 3 is 2.63 bits per heavy atom. The lowest BCUT2D eigenvalue weighted by molar-refractivity contribution is -0.384. The first kappa shape index (κ1) is 15.0. The van der Waals surface area contributed by atoms with Gasteiger partial charge >= 0.3 is 0 Å². The highest BCUT2D eigenvalue weighted by Gasteiger charge is 2.20. The largest absolute Gasteiger partial charge is 0.348 e. The summed E-state index contributed by atoms with van der Waals surface area (Å²) in [5.74, 6) is -1.43. The molecule has 0 aliphatic rings. The maximum absolute atomic E-state index is 13.5. The molecule has 19 heavy (non-hydrogen) atoms. The molecule has 0 saturated heterocycles. The molecule has 0 fully saturated rings. The highest BCUT2D eigenvalue weighted by Crippen LogP contribution is 2.17. The molecule has 1 aromatic rings. The van der Waals surface area contributed by atoms with E-state index in [1.54, 1.807) is 0 Å². The van der Waals surface area contributed by atoms with Crippen molar-refractivity contribution < 1.29 is 14.1 Å². The van der Waals surface area contributed by atoms with Gasteiger partial charge in [0.1, 0.15) is 5.82 Å². The number of nitrogens with two attached hydrogens (primary N) is 1. The number of carbonyl (C=O) groups excluding carboxylic acids is 1. The van der Waals surface area contributed by atoms with Gasteiger partial charge in [-0.3, -0.25) is 14.9 Å². The Morgan fingerprint density at radius 1 is 1.53 bits per heavy atom. The molecule has 0 spiro atoms. The predicted molar refractivity (Wildman–Crippen MR) is 68.2 cm³/mol. The van der Waals surface area contributed by atoms with Crippen molar-refractivity contribution in [1.29, 1.82) is 0 Å².